The predicted octanol–water partition coefficient (Wildman–Crippen LogP) is 3.96. The number of nitriles is 1. The maximum Gasteiger partial charge on any atom is 0.254 e. The summed E-state index contributed by atoms with van der Waals surface area (Å²) in [7, 11) is 0. The molecule has 1 saturated heterocycles. The van der Waals surface area contributed by atoms with E-state index in [1.54, 1.807) is 0 Å². The van der Waals surface area contributed by atoms with Crippen molar-refractivity contribution in [3.8, 4) is 6.07 Å². The van der Waals surface area contributed by atoms with Crippen molar-refractivity contribution in [1.29, 1.82) is 5.26 Å². The molecule has 0 spiro atoms. The first kappa shape index (κ1) is 20.9. The normalized spacial score (nSPS) is 15.6. The van der Waals surface area contributed by atoms with Gasteiger partial charge in [-0.2, -0.15) is 5.26 Å². The monoisotopic (exact) mass is 435 g/mol. The van der Waals surface area contributed by atoms with Crippen molar-refractivity contribution in [3.05, 3.63) is 102 Å². The van der Waals surface area contributed by atoms with E-state index in [2.05, 4.69) is 20.9 Å². The topological polar surface area (TPSA) is 74.0 Å². The average molecular weight is 436 g/mol. The van der Waals surface area contributed by atoms with Crippen LogP contribution < -0.4 is 5.32 Å². The first-order valence-electron chi connectivity index (χ1n) is 11.2. The van der Waals surface area contributed by atoms with E-state index in [1.165, 1.54) is 0 Å². The third-order valence-electron chi connectivity index (χ3n) is 6.30. The van der Waals surface area contributed by atoms with Crippen LogP contribution in [0.4, 0.5) is 0 Å². The van der Waals surface area contributed by atoms with Gasteiger partial charge in [0.05, 0.1) is 23.7 Å². The number of rotatable bonds is 6. The maximum atomic E-state index is 13.2. The van der Waals surface area contributed by atoms with Gasteiger partial charge in [-0.3, -0.25) is 4.79 Å². The van der Waals surface area contributed by atoms with Crippen molar-refractivity contribution >= 4 is 16.7 Å². The first-order chi connectivity index (χ1) is 16.2. The Hall–Kier alpha value is -3.95. The molecule has 164 valence electrons. The van der Waals surface area contributed by atoms with E-state index in [-0.39, 0.29) is 11.9 Å². The van der Waals surface area contributed by atoms with Crippen molar-refractivity contribution in [2.24, 2.45) is 0 Å². The zero-order valence-electron chi connectivity index (χ0n) is 18.3. The molecule has 3 aromatic carbocycles. The first-order valence-corrected chi connectivity index (χ1v) is 11.2. The summed E-state index contributed by atoms with van der Waals surface area (Å²) in [5.41, 5.74) is 3.66. The standard InChI is InChI=1S/C27H25N5O/c28-14-20-8-10-21(11-9-20)17-32-19-29-15-24(32)16-30-23-12-13-31(18-23)27(33)26-7-3-5-22-4-1-2-6-25(22)26/h1-11,15,19,23,30H,12-13,16-18H2/t23-/m1/s1. The van der Waals surface area contributed by atoms with Crippen molar-refractivity contribution in [3.63, 3.8) is 0 Å². The number of hydrogen-bond donors (Lipinski definition) is 1. The van der Waals surface area contributed by atoms with E-state index in [0.717, 1.165) is 40.6 Å². The van der Waals surface area contributed by atoms with Gasteiger partial charge < -0.3 is 14.8 Å². The fourth-order valence-corrected chi connectivity index (χ4v) is 4.46. The molecule has 0 aliphatic carbocycles. The molecule has 6 heteroatoms. The molecule has 0 saturated carbocycles. The lowest BCUT2D eigenvalue weighted by atomic mass is 10.0. The minimum atomic E-state index is 0.0990. The number of imidazole rings is 1. The van der Waals surface area contributed by atoms with Crippen molar-refractivity contribution in [2.75, 3.05) is 13.1 Å². The Morgan fingerprint density at radius 2 is 1.91 bits per heavy atom. The fraction of sp³-hybridized carbons (Fsp3) is 0.222. The summed E-state index contributed by atoms with van der Waals surface area (Å²) >= 11 is 0. The zero-order valence-corrected chi connectivity index (χ0v) is 18.3. The number of hydrogen-bond acceptors (Lipinski definition) is 4. The van der Waals surface area contributed by atoms with E-state index in [9.17, 15) is 4.79 Å². The van der Waals surface area contributed by atoms with Gasteiger partial charge in [0.2, 0.25) is 0 Å². The average Bonchev–Trinajstić information content (AvgIpc) is 3.52. The predicted molar refractivity (Wildman–Crippen MR) is 128 cm³/mol. The third-order valence-corrected chi connectivity index (χ3v) is 6.30. The molecule has 1 fully saturated rings. The summed E-state index contributed by atoms with van der Waals surface area (Å²) < 4.78 is 2.11. The highest BCUT2D eigenvalue weighted by molar-refractivity contribution is 6.07. The van der Waals surface area contributed by atoms with Gasteiger partial charge in [0.1, 0.15) is 0 Å². The van der Waals surface area contributed by atoms with Crippen molar-refractivity contribution < 1.29 is 4.79 Å². The molecule has 33 heavy (non-hydrogen) atoms. The molecule has 6 nitrogen and oxygen atoms in total. The summed E-state index contributed by atoms with van der Waals surface area (Å²) in [6, 6.07) is 24.0. The van der Waals surface area contributed by atoms with Crippen molar-refractivity contribution in [2.45, 2.75) is 25.6 Å². The molecule has 1 atom stereocenters. The number of amides is 1. The van der Waals surface area contributed by atoms with Gasteiger partial charge in [0, 0.05) is 44.0 Å². The lowest BCUT2D eigenvalue weighted by Gasteiger charge is -2.18. The molecule has 0 radical (unpaired) electrons. The molecule has 1 amide bonds. The third kappa shape index (κ3) is 4.50. The van der Waals surface area contributed by atoms with Crippen LogP contribution in [-0.2, 0) is 13.1 Å². The fourth-order valence-electron chi connectivity index (χ4n) is 4.46. The molecular formula is C27H25N5O. The van der Waals surface area contributed by atoms with Gasteiger partial charge in [-0.05, 0) is 41.0 Å². The zero-order chi connectivity index (χ0) is 22.6. The Morgan fingerprint density at radius 1 is 1.09 bits per heavy atom. The molecule has 1 aliphatic heterocycles. The Labute approximate surface area is 193 Å². The molecule has 1 aliphatic rings. The van der Waals surface area contributed by atoms with Gasteiger partial charge in [-0.1, -0.05) is 48.5 Å². The summed E-state index contributed by atoms with van der Waals surface area (Å²) in [6.07, 6.45) is 4.64. The van der Waals surface area contributed by atoms with Crippen LogP contribution in [0.1, 0.15) is 33.6 Å². The van der Waals surface area contributed by atoms with E-state index in [1.807, 2.05) is 84.2 Å². The Morgan fingerprint density at radius 3 is 2.76 bits per heavy atom. The molecule has 0 unspecified atom stereocenters. The summed E-state index contributed by atoms with van der Waals surface area (Å²) in [4.78, 5) is 19.5. The van der Waals surface area contributed by atoms with Crippen LogP contribution in [0, 0.1) is 11.3 Å². The van der Waals surface area contributed by atoms with Gasteiger partial charge in [0.25, 0.3) is 5.91 Å². The molecule has 2 heterocycles. The van der Waals surface area contributed by atoms with Crippen molar-refractivity contribution in [1.82, 2.24) is 19.8 Å². The largest absolute Gasteiger partial charge is 0.337 e. The number of fused-ring (bicyclic) bond motifs is 1. The Kier molecular flexibility index (Phi) is 5.88. The van der Waals surface area contributed by atoms with E-state index in [0.29, 0.717) is 25.2 Å². The highest BCUT2D eigenvalue weighted by atomic mass is 16.2. The minimum Gasteiger partial charge on any atom is -0.337 e. The van der Waals surface area contributed by atoms with E-state index >= 15 is 0 Å². The molecule has 1 N–H and O–H groups in total. The smallest absolute Gasteiger partial charge is 0.254 e. The second-order valence-corrected chi connectivity index (χ2v) is 8.47. The van der Waals surface area contributed by atoms with Crippen LogP contribution in [0.2, 0.25) is 0 Å². The Bertz CT molecular complexity index is 1310. The lowest BCUT2D eigenvalue weighted by Crippen LogP contribution is -2.35. The second kappa shape index (κ2) is 9.27. The minimum absolute atomic E-state index is 0.0990. The molecule has 5 rings (SSSR count). The van der Waals surface area contributed by atoms with Crippen LogP contribution in [0.15, 0.2) is 79.3 Å². The van der Waals surface area contributed by atoms with E-state index < -0.39 is 0 Å². The summed E-state index contributed by atoms with van der Waals surface area (Å²) in [5.74, 6) is 0.0990. The lowest BCUT2D eigenvalue weighted by molar-refractivity contribution is 0.0791. The second-order valence-electron chi connectivity index (χ2n) is 8.47. The number of nitrogens with zero attached hydrogens (tertiary/aromatic N) is 4. The molecular weight excluding hydrogens is 410 g/mol. The van der Waals surface area contributed by atoms with Crippen LogP contribution >= 0.6 is 0 Å². The number of nitrogens with one attached hydrogen (secondary N) is 1. The highest BCUT2D eigenvalue weighted by Gasteiger charge is 2.27. The summed E-state index contributed by atoms with van der Waals surface area (Å²) in [5, 5.41) is 14.7. The van der Waals surface area contributed by atoms with Crippen LogP contribution in [0.3, 0.4) is 0 Å². The number of aromatic nitrogens is 2. The number of carbonyl (C=O) groups excluding carboxylic acids is 1. The van der Waals surface area contributed by atoms with E-state index in [4.69, 9.17) is 5.26 Å². The Balaban J connectivity index is 1.20. The van der Waals surface area contributed by atoms with Gasteiger partial charge >= 0.3 is 0 Å². The number of likely N-dealkylation sites (tertiary alicyclic amines) is 1. The number of benzene rings is 3. The number of carbonyl (C=O) groups is 1. The van der Waals surface area contributed by atoms with Crippen LogP contribution in [0.5, 0.6) is 0 Å². The molecule has 1 aromatic heterocycles. The molecule has 0 bridgehead atoms. The molecule has 4 aromatic rings. The van der Waals surface area contributed by atoms with Gasteiger partial charge in [-0.15, -0.1) is 0 Å². The quantitative estimate of drug-likeness (QED) is 0.498. The van der Waals surface area contributed by atoms with Crippen LogP contribution in [-0.4, -0.2) is 39.5 Å². The van der Waals surface area contributed by atoms with Gasteiger partial charge in [0.15, 0.2) is 0 Å². The maximum absolute atomic E-state index is 13.2. The SMILES string of the molecule is N#Cc1ccc(Cn2cncc2CN[C@@H]2CCN(C(=O)c3cccc4ccccc34)C2)cc1. The van der Waals surface area contributed by atoms with Gasteiger partial charge in [-0.25, -0.2) is 4.98 Å². The highest BCUT2D eigenvalue weighted by Crippen LogP contribution is 2.22. The van der Waals surface area contributed by atoms with Crippen LogP contribution in [0.25, 0.3) is 10.8 Å². The summed E-state index contributed by atoms with van der Waals surface area (Å²) in [6.45, 7) is 2.85.